The minimum atomic E-state index is 0. The summed E-state index contributed by atoms with van der Waals surface area (Å²) in [6.07, 6.45) is 0. The van der Waals surface area contributed by atoms with Crippen LogP contribution in [-0.2, 0) is 0 Å². The quantitative estimate of drug-likeness (QED) is 0.324. The Kier molecular flexibility index (Phi) is 27.5. The van der Waals surface area contributed by atoms with Crippen LogP contribution < -0.4 is 69.6 Å². The van der Waals surface area contributed by atoms with E-state index in [1.54, 1.807) is 0 Å². The molecule has 1 rings (SSSR count). The van der Waals surface area contributed by atoms with Gasteiger partial charge in [0.25, 0.3) is 0 Å². The Bertz CT molecular complexity index is 241. The zero-order chi connectivity index (χ0) is 13.1. The van der Waals surface area contributed by atoms with Crippen LogP contribution >= 0.6 is 0 Å². The molecule has 6 heteroatoms. The second-order valence-electron chi connectivity index (χ2n) is 3.94. The van der Waals surface area contributed by atoms with Gasteiger partial charge in [-0.3, -0.25) is 0 Å². The van der Waals surface area contributed by atoms with Crippen molar-refractivity contribution in [2.24, 2.45) is 0 Å². The van der Waals surface area contributed by atoms with Gasteiger partial charge in [0.05, 0.1) is 0 Å². The molecule has 0 aliphatic rings. The summed E-state index contributed by atoms with van der Waals surface area (Å²) in [4.78, 5) is 0. The van der Waals surface area contributed by atoms with Crippen molar-refractivity contribution in [3.05, 3.63) is 35.4 Å². The van der Waals surface area contributed by atoms with Gasteiger partial charge in [-0.05, 0) is 23.0 Å². The SMILES string of the molecule is CC(C)c1ccccc1C(C)C.[Na+].[Na+].[O-]O.[O-]O. The van der Waals surface area contributed by atoms with Crippen LogP contribution in [0, 0.1) is 0 Å². The first-order chi connectivity index (χ1) is 7.63. The van der Waals surface area contributed by atoms with Gasteiger partial charge >= 0.3 is 59.1 Å². The molecule has 4 nitrogen and oxygen atoms in total. The minimum absolute atomic E-state index is 0. The van der Waals surface area contributed by atoms with Crippen molar-refractivity contribution < 1.29 is 80.1 Å². The first-order valence-corrected chi connectivity index (χ1v) is 5.08. The molecule has 0 radical (unpaired) electrons. The van der Waals surface area contributed by atoms with Crippen LogP contribution in [0.3, 0.4) is 0 Å². The molecule has 0 bridgehead atoms. The van der Waals surface area contributed by atoms with Crippen molar-refractivity contribution in [2.75, 3.05) is 0 Å². The third-order valence-electron chi connectivity index (χ3n) is 2.24. The molecule has 18 heavy (non-hydrogen) atoms. The molecule has 0 atom stereocenters. The average Bonchev–Trinajstić information content (AvgIpc) is 2.34. The van der Waals surface area contributed by atoms with E-state index in [1.165, 1.54) is 11.1 Å². The Morgan fingerprint density at radius 2 is 0.944 bits per heavy atom. The third kappa shape index (κ3) is 10.9. The summed E-state index contributed by atoms with van der Waals surface area (Å²) in [6.45, 7) is 9.00. The molecular weight excluding hydrogens is 254 g/mol. The second-order valence-corrected chi connectivity index (χ2v) is 3.94. The molecule has 0 aliphatic heterocycles. The molecule has 1 aromatic carbocycles. The van der Waals surface area contributed by atoms with Gasteiger partial charge in [0.15, 0.2) is 0 Å². The molecular formula is C12H20Na2O4. The van der Waals surface area contributed by atoms with Gasteiger partial charge in [0.2, 0.25) is 0 Å². The van der Waals surface area contributed by atoms with Gasteiger partial charge in [-0.1, -0.05) is 52.0 Å². The molecule has 0 saturated heterocycles. The number of rotatable bonds is 2. The minimum Gasteiger partial charge on any atom is -0.727 e. The Labute approximate surface area is 153 Å². The zero-order valence-corrected chi connectivity index (χ0v) is 16.2. The van der Waals surface area contributed by atoms with E-state index < -0.39 is 0 Å². The van der Waals surface area contributed by atoms with Crippen molar-refractivity contribution in [1.29, 1.82) is 0 Å². The molecule has 94 valence electrons. The Morgan fingerprint density at radius 1 is 0.722 bits per heavy atom. The number of benzene rings is 1. The molecule has 2 N–H and O–H groups in total. The topological polar surface area (TPSA) is 86.6 Å². The third-order valence-corrected chi connectivity index (χ3v) is 2.24. The summed E-state index contributed by atoms with van der Waals surface area (Å²) in [7, 11) is 0. The molecule has 0 spiro atoms. The van der Waals surface area contributed by atoms with E-state index in [0.29, 0.717) is 11.8 Å². The number of hydrogen-bond acceptors (Lipinski definition) is 4. The van der Waals surface area contributed by atoms with Gasteiger partial charge in [-0.15, -0.1) is 0 Å². The van der Waals surface area contributed by atoms with Crippen molar-refractivity contribution in [3.63, 3.8) is 0 Å². The van der Waals surface area contributed by atoms with Crippen LogP contribution in [0.5, 0.6) is 0 Å². The van der Waals surface area contributed by atoms with Crippen LogP contribution in [0.2, 0.25) is 0 Å². The van der Waals surface area contributed by atoms with E-state index in [2.05, 4.69) is 52.0 Å². The van der Waals surface area contributed by atoms with E-state index in [4.69, 9.17) is 21.0 Å². The van der Waals surface area contributed by atoms with Crippen molar-refractivity contribution in [2.45, 2.75) is 39.5 Å². The molecule has 1 aromatic rings. The van der Waals surface area contributed by atoms with Crippen molar-refractivity contribution in [1.82, 2.24) is 0 Å². The first kappa shape index (κ1) is 27.4. The molecule has 0 saturated carbocycles. The van der Waals surface area contributed by atoms with Gasteiger partial charge < -0.3 is 21.0 Å². The van der Waals surface area contributed by atoms with Crippen LogP contribution in [0.4, 0.5) is 0 Å². The summed E-state index contributed by atoms with van der Waals surface area (Å²) in [5.41, 5.74) is 2.99. The Balaban J connectivity index is -0.000000149. The predicted molar refractivity (Wildman–Crippen MR) is 59.9 cm³/mol. The standard InChI is InChI=1S/C12H18.2Na.2H2O2/c1-9(2)11-7-5-6-8-12(11)10(3)4;;;2*1-2/h5-10H,1-4H3;;;2*1-2H/q;2*+1;;/p-2. The van der Waals surface area contributed by atoms with Crippen LogP contribution in [0.15, 0.2) is 24.3 Å². The second kappa shape index (κ2) is 18.1. The van der Waals surface area contributed by atoms with Crippen molar-refractivity contribution >= 4 is 0 Å². The fourth-order valence-corrected chi connectivity index (χ4v) is 1.56. The molecule has 0 heterocycles. The predicted octanol–water partition coefficient (Wildman–Crippen LogP) is -4.42. The summed E-state index contributed by atoms with van der Waals surface area (Å²) in [5.74, 6) is 1.28. The van der Waals surface area contributed by atoms with E-state index in [9.17, 15) is 0 Å². The molecule has 0 aliphatic carbocycles. The van der Waals surface area contributed by atoms with Gasteiger partial charge in [-0.2, -0.15) is 0 Å². The maximum absolute atomic E-state index is 7.25. The Morgan fingerprint density at radius 3 is 1.11 bits per heavy atom. The van der Waals surface area contributed by atoms with Gasteiger partial charge in [-0.25, -0.2) is 0 Å². The smallest absolute Gasteiger partial charge is 0.727 e. The molecule has 0 fully saturated rings. The Hall–Kier alpha value is 1.06. The summed E-state index contributed by atoms with van der Waals surface area (Å²) in [5, 5.41) is 26.0. The van der Waals surface area contributed by atoms with E-state index >= 15 is 0 Å². The monoisotopic (exact) mass is 274 g/mol. The first-order valence-electron chi connectivity index (χ1n) is 5.08. The van der Waals surface area contributed by atoms with Crippen molar-refractivity contribution in [3.8, 4) is 0 Å². The van der Waals surface area contributed by atoms with Gasteiger partial charge in [0.1, 0.15) is 0 Å². The zero-order valence-electron chi connectivity index (χ0n) is 12.2. The number of hydrogen-bond donors (Lipinski definition) is 2. The van der Waals surface area contributed by atoms with E-state index in [1.807, 2.05) is 0 Å². The maximum atomic E-state index is 7.25. The van der Waals surface area contributed by atoms with E-state index in [0.717, 1.165) is 0 Å². The van der Waals surface area contributed by atoms with Crippen LogP contribution in [0.25, 0.3) is 0 Å². The maximum Gasteiger partial charge on any atom is 1.00 e. The fourth-order valence-electron chi connectivity index (χ4n) is 1.56. The largest absolute Gasteiger partial charge is 1.00 e. The normalized spacial score (nSPS) is 8.11. The summed E-state index contributed by atoms with van der Waals surface area (Å²) >= 11 is 0. The summed E-state index contributed by atoms with van der Waals surface area (Å²) in [6, 6.07) is 8.72. The molecule has 0 amide bonds. The average molecular weight is 274 g/mol. The summed E-state index contributed by atoms with van der Waals surface area (Å²) < 4.78 is 0. The fraction of sp³-hybridized carbons (Fsp3) is 0.500. The van der Waals surface area contributed by atoms with Crippen LogP contribution in [0.1, 0.15) is 50.7 Å². The van der Waals surface area contributed by atoms with E-state index in [-0.39, 0.29) is 59.1 Å². The molecule has 0 aromatic heterocycles. The van der Waals surface area contributed by atoms with Crippen LogP contribution in [-0.4, -0.2) is 10.5 Å². The molecule has 0 unspecified atom stereocenters. The van der Waals surface area contributed by atoms with Gasteiger partial charge in [0, 0.05) is 0 Å².